The average molecular weight is 311 g/mol. The number of ether oxygens (including phenoxy) is 1. The molecule has 2 rings (SSSR count). The Morgan fingerprint density at radius 1 is 1.20 bits per heavy atom. The van der Waals surface area contributed by atoms with E-state index < -0.39 is 5.97 Å². The first-order valence-corrected chi connectivity index (χ1v) is 6.63. The maximum absolute atomic E-state index is 11.1. The molecule has 5 heteroatoms. The Balaban J connectivity index is 2.15. The van der Waals surface area contributed by atoms with E-state index in [0.717, 1.165) is 5.56 Å². The van der Waals surface area contributed by atoms with Gasteiger partial charge >= 0.3 is 5.97 Å². The van der Waals surface area contributed by atoms with Crippen LogP contribution in [-0.4, -0.2) is 11.1 Å². The van der Waals surface area contributed by atoms with Crippen LogP contribution in [0.3, 0.4) is 0 Å². The van der Waals surface area contributed by atoms with E-state index in [9.17, 15) is 4.79 Å². The molecule has 104 valence electrons. The van der Waals surface area contributed by atoms with Crippen molar-refractivity contribution in [3.05, 3.63) is 63.1 Å². The largest absolute Gasteiger partial charge is 0.487 e. The zero-order chi connectivity index (χ0) is 14.7. The van der Waals surface area contributed by atoms with E-state index in [0.29, 0.717) is 21.4 Å². The monoisotopic (exact) mass is 310 g/mol. The first-order valence-electron chi connectivity index (χ1n) is 5.88. The Bertz CT molecular complexity index is 654. The molecule has 0 saturated carbocycles. The molecule has 0 unspecified atom stereocenters. The molecule has 0 aliphatic heterocycles. The lowest BCUT2D eigenvalue weighted by Gasteiger charge is -2.09. The maximum atomic E-state index is 11.1. The molecule has 2 aromatic carbocycles. The Morgan fingerprint density at radius 2 is 1.95 bits per heavy atom. The molecule has 0 aliphatic carbocycles. The number of hydrogen-bond donors (Lipinski definition) is 1. The van der Waals surface area contributed by atoms with Crippen molar-refractivity contribution in [3.8, 4) is 5.75 Å². The van der Waals surface area contributed by atoms with Crippen molar-refractivity contribution >= 4 is 29.2 Å². The molecular formula is C15H12Cl2O3. The standard InChI is InChI=1S/C15H12Cl2O3/c1-9-2-3-10(6-12(9)15(18)19)8-20-14-5-4-11(16)7-13(14)17/h2-7H,8H2,1H3,(H,18,19). The van der Waals surface area contributed by atoms with Gasteiger partial charge in [0.25, 0.3) is 0 Å². The van der Waals surface area contributed by atoms with Gasteiger partial charge in [-0.3, -0.25) is 0 Å². The molecular weight excluding hydrogens is 299 g/mol. The van der Waals surface area contributed by atoms with Gasteiger partial charge in [0.1, 0.15) is 12.4 Å². The van der Waals surface area contributed by atoms with E-state index in [1.807, 2.05) is 6.07 Å². The van der Waals surface area contributed by atoms with Crippen LogP contribution in [0.25, 0.3) is 0 Å². The SMILES string of the molecule is Cc1ccc(COc2ccc(Cl)cc2Cl)cc1C(=O)O. The van der Waals surface area contributed by atoms with Gasteiger partial charge in [-0.25, -0.2) is 4.79 Å². The molecule has 2 aromatic rings. The van der Waals surface area contributed by atoms with Gasteiger partial charge in [-0.05, 0) is 42.3 Å². The Hall–Kier alpha value is -1.71. The van der Waals surface area contributed by atoms with Crippen molar-refractivity contribution in [2.45, 2.75) is 13.5 Å². The molecule has 0 aliphatic rings. The predicted molar refractivity (Wildman–Crippen MR) is 78.9 cm³/mol. The summed E-state index contributed by atoms with van der Waals surface area (Å²) >= 11 is 11.8. The summed E-state index contributed by atoms with van der Waals surface area (Å²) in [6.45, 7) is 1.99. The van der Waals surface area contributed by atoms with Crippen molar-refractivity contribution in [2.24, 2.45) is 0 Å². The molecule has 1 N–H and O–H groups in total. The van der Waals surface area contributed by atoms with Crippen LogP contribution in [0.1, 0.15) is 21.5 Å². The van der Waals surface area contributed by atoms with Crippen LogP contribution in [0.15, 0.2) is 36.4 Å². The topological polar surface area (TPSA) is 46.5 Å². The lowest BCUT2D eigenvalue weighted by molar-refractivity contribution is 0.0696. The smallest absolute Gasteiger partial charge is 0.335 e. The van der Waals surface area contributed by atoms with Crippen LogP contribution in [0.2, 0.25) is 10.0 Å². The molecule has 0 heterocycles. The maximum Gasteiger partial charge on any atom is 0.335 e. The van der Waals surface area contributed by atoms with Crippen LogP contribution in [0.4, 0.5) is 0 Å². The third kappa shape index (κ3) is 3.44. The predicted octanol–water partition coefficient (Wildman–Crippen LogP) is 4.58. The number of aromatic carboxylic acids is 1. The molecule has 0 saturated heterocycles. The number of carboxylic acids is 1. The Labute approximate surface area is 126 Å². The highest BCUT2D eigenvalue weighted by atomic mass is 35.5. The summed E-state index contributed by atoms with van der Waals surface area (Å²) in [6.07, 6.45) is 0. The van der Waals surface area contributed by atoms with E-state index in [1.165, 1.54) is 0 Å². The summed E-state index contributed by atoms with van der Waals surface area (Å²) < 4.78 is 5.57. The highest BCUT2D eigenvalue weighted by molar-refractivity contribution is 6.35. The highest BCUT2D eigenvalue weighted by Gasteiger charge is 2.09. The normalized spacial score (nSPS) is 10.3. The summed E-state index contributed by atoms with van der Waals surface area (Å²) in [6, 6.07) is 10.1. The van der Waals surface area contributed by atoms with Gasteiger partial charge in [0.05, 0.1) is 10.6 Å². The summed E-state index contributed by atoms with van der Waals surface area (Å²) in [5.74, 6) is -0.442. The Morgan fingerprint density at radius 3 is 2.60 bits per heavy atom. The van der Waals surface area contributed by atoms with Gasteiger partial charge in [-0.1, -0.05) is 35.3 Å². The van der Waals surface area contributed by atoms with Crippen LogP contribution in [0.5, 0.6) is 5.75 Å². The first-order chi connectivity index (χ1) is 9.47. The Kier molecular flexibility index (Phi) is 4.53. The van der Waals surface area contributed by atoms with Gasteiger partial charge in [-0.2, -0.15) is 0 Å². The zero-order valence-corrected chi connectivity index (χ0v) is 12.2. The number of aryl methyl sites for hydroxylation is 1. The summed E-state index contributed by atoms with van der Waals surface area (Å²) in [5, 5.41) is 10.0. The quantitative estimate of drug-likeness (QED) is 0.899. The van der Waals surface area contributed by atoms with Gasteiger partial charge in [0.15, 0.2) is 0 Å². The minimum atomic E-state index is -0.950. The lowest BCUT2D eigenvalue weighted by Crippen LogP contribution is -2.03. The van der Waals surface area contributed by atoms with Crippen LogP contribution >= 0.6 is 23.2 Å². The summed E-state index contributed by atoms with van der Waals surface area (Å²) in [4.78, 5) is 11.1. The molecule has 0 aromatic heterocycles. The van der Waals surface area contributed by atoms with Crippen molar-refractivity contribution < 1.29 is 14.6 Å². The molecule has 0 fully saturated rings. The number of rotatable bonds is 4. The second-order valence-electron chi connectivity index (χ2n) is 4.32. The molecule has 20 heavy (non-hydrogen) atoms. The minimum absolute atomic E-state index is 0.238. The van der Waals surface area contributed by atoms with Gasteiger partial charge in [0, 0.05) is 5.02 Å². The lowest BCUT2D eigenvalue weighted by atomic mass is 10.1. The van der Waals surface area contributed by atoms with E-state index in [2.05, 4.69) is 0 Å². The number of hydrogen-bond acceptors (Lipinski definition) is 2. The fourth-order valence-electron chi connectivity index (χ4n) is 1.74. The third-order valence-electron chi connectivity index (χ3n) is 2.82. The van der Waals surface area contributed by atoms with Gasteiger partial charge < -0.3 is 9.84 Å². The zero-order valence-electron chi connectivity index (χ0n) is 10.7. The van der Waals surface area contributed by atoms with Gasteiger partial charge in [0.2, 0.25) is 0 Å². The minimum Gasteiger partial charge on any atom is -0.487 e. The fraction of sp³-hybridized carbons (Fsp3) is 0.133. The molecule has 0 spiro atoms. The molecule has 0 amide bonds. The highest BCUT2D eigenvalue weighted by Crippen LogP contribution is 2.28. The summed E-state index contributed by atoms with van der Waals surface area (Å²) in [7, 11) is 0. The first kappa shape index (κ1) is 14.7. The second kappa shape index (κ2) is 6.16. The number of carbonyl (C=O) groups is 1. The van der Waals surface area contributed by atoms with Crippen LogP contribution in [-0.2, 0) is 6.61 Å². The van der Waals surface area contributed by atoms with E-state index >= 15 is 0 Å². The molecule has 0 radical (unpaired) electrons. The van der Waals surface area contributed by atoms with E-state index in [-0.39, 0.29) is 12.2 Å². The number of carboxylic acid groups (broad SMARTS) is 1. The third-order valence-corrected chi connectivity index (χ3v) is 3.35. The van der Waals surface area contributed by atoms with Crippen LogP contribution < -0.4 is 4.74 Å². The summed E-state index contributed by atoms with van der Waals surface area (Å²) in [5.41, 5.74) is 1.75. The second-order valence-corrected chi connectivity index (χ2v) is 5.16. The van der Waals surface area contributed by atoms with Crippen molar-refractivity contribution in [1.82, 2.24) is 0 Å². The van der Waals surface area contributed by atoms with E-state index in [4.69, 9.17) is 33.0 Å². The fourth-order valence-corrected chi connectivity index (χ4v) is 2.21. The van der Waals surface area contributed by atoms with Crippen molar-refractivity contribution in [1.29, 1.82) is 0 Å². The molecule has 0 atom stereocenters. The van der Waals surface area contributed by atoms with Crippen molar-refractivity contribution in [3.63, 3.8) is 0 Å². The molecule has 0 bridgehead atoms. The number of benzene rings is 2. The van der Waals surface area contributed by atoms with Crippen LogP contribution in [0, 0.1) is 6.92 Å². The van der Waals surface area contributed by atoms with Crippen molar-refractivity contribution in [2.75, 3.05) is 0 Å². The van der Waals surface area contributed by atoms with E-state index in [1.54, 1.807) is 37.3 Å². The van der Waals surface area contributed by atoms with Gasteiger partial charge in [-0.15, -0.1) is 0 Å². The number of halogens is 2. The average Bonchev–Trinajstić information content (AvgIpc) is 2.39. The molecule has 3 nitrogen and oxygen atoms in total.